The standard InChI is InChI=1S/C14H19NO2/c1-3-4-5-6-11-15-14(16)12-7-9-13(17-2)10-8-12/h6-11H,3-5H2,1-2H3,(H,15,16)/b11-6+. The topological polar surface area (TPSA) is 38.3 Å². The van der Waals surface area contributed by atoms with E-state index in [1.54, 1.807) is 37.6 Å². The second-order valence-electron chi connectivity index (χ2n) is 3.75. The van der Waals surface area contributed by atoms with Crippen LogP contribution in [0.2, 0.25) is 0 Å². The van der Waals surface area contributed by atoms with E-state index in [0.717, 1.165) is 25.0 Å². The highest BCUT2D eigenvalue weighted by Crippen LogP contribution is 2.10. The number of unbranched alkanes of at least 4 members (excludes halogenated alkanes) is 2. The first-order valence-electron chi connectivity index (χ1n) is 5.88. The second kappa shape index (κ2) is 7.49. The Labute approximate surface area is 102 Å². The average molecular weight is 233 g/mol. The van der Waals surface area contributed by atoms with Gasteiger partial charge in [0, 0.05) is 11.8 Å². The van der Waals surface area contributed by atoms with E-state index in [1.807, 2.05) is 6.08 Å². The van der Waals surface area contributed by atoms with Crippen LogP contribution >= 0.6 is 0 Å². The fraction of sp³-hybridized carbons (Fsp3) is 0.357. The molecule has 1 rings (SSSR count). The largest absolute Gasteiger partial charge is 0.497 e. The molecule has 3 nitrogen and oxygen atoms in total. The van der Waals surface area contributed by atoms with Crippen molar-refractivity contribution in [3.63, 3.8) is 0 Å². The molecule has 0 aromatic heterocycles. The summed E-state index contributed by atoms with van der Waals surface area (Å²) in [5.41, 5.74) is 0.631. The molecule has 1 aromatic carbocycles. The van der Waals surface area contributed by atoms with E-state index >= 15 is 0 Å². The van der Waals surface area contributed by atoms with Crippen LogP contribution in [0.4, 0.5) is 0 Å². The van der Waals surface area contributed by atoms with E-state index in [4.69, 9.17) is 4.74 Å². The van der Waals surface area contributed by atoms with Crippen molar-refractivity contribution < 1.29 is 9.53 Å². The van der Waals surface area contributed by atoms with E-state index in [1.165, 1.54) is 0 Å². The number of methoxy groups -OCH3 is 1. The molecule has 0 aliphatic carbocycles. The van der Waals surface area contributed by atoms with Crippen molar-refractivity contribution in [2.45, 2.75) is 26.2 Å². The van der Waals surface area contributed by atoms with Gasteiger partial charge in [-0.1, -0.05) is 25.8 Å². The Morgan fingerprint density at radius 1 is 1.35 bits per heavy atom. The molecule has 0 bridgehead atoms. The molecule has 92 valence electrons. The smallest absolute Gasteiger partial charge is 0.255 e. The van der Waals surface area contributed by atoms with Crippen molar-refractivity contribution in [3.05, 3.63) is 42.1 Å². The van der Waals surface area contributed by atoms with Crippen molar-refractivity contribution in [1.29, 1.82) is 0 Å². The van der Waals surface area contributed by atoms with E-state index in [-0.39, 0.29) is 5.91 Å². The molecular weight excluding hydrogens is 214 g/mol. The van der Waals surface area contributed by atoms with E-state index < -0.39 is 0 Å². The predicted octanol–water partition coefficient (Wildman–Crippen LogP) is 3.13. The number of rotatable bonds is 6. The average Bonchev–Trinajstić information content (AvgIpc) is 2.38. The molecule has 1 aromatic rings. The summed E-state index contributed by atoms with van der Waals surface area (Å²) < 4.78 is 5.03. The Hall–Kier alpha value is -1.77. The van der Waals surface area contributed by atoms with Gasteiger partial charge in [0.1, 0.15) is 5.75 Å². The molecule has 0 atom stereocenters. The van der Waals surface area contributed by atoms with Crippen LogP contribution in [0.25, 0.3) is 0 Å². The van der Waals surface area contributed by atoms with Gasteiger partial charge in [0.15, 0.2) is 0 Å². The van der Waals surface area contributed by atoms with Gasteiger partial charge in [0.25, 0.3) is 5.91 Å². The second-order valence-corrected chi connectivity index (χ2v) is 3.75. The Bertz CT molecular complexity index is 368. The lowest BCUT2D eigenvalue weighted by atomic mass is 10.2. The van der Waals surface area contributed by atoms with E-state index in [2.05, 4.69) is 12.2 Å². The van der Waals surface area contributed by atoms with Gasteiger partial charge >= 0.3 is 0 Å². The summed E-state index contributed by atoms with van der Waals surface area (Å²) in [6.07, 6.45) is 7.00. The fourth-order valence-corrected chi connectivity index (χ4v) is 1.37. The molecule has 0 saturated heterocycles. The molecule has 3 heteroatoms. The van der Waals surface area contributed by atoms with Crippen molar-refractivity contribution in [3.8, 4) is 5.75 Å². The number of benzene rings is 1. The zero-order valence-electron chi connectivity index (χ0n) is 10.4. The molecule has 0 spiro atoms. The van der Waals surface area contributed by atoms with E-state index in [0.29, 0.717) is 5.56 Å². The van der Waals surface area contributed by atoms with Crippen LogP contribution in [0, 0.1) is 0 Å². The van der Waals surface area contributed by atoms with Crippen molar-refractivity contribution in [2.24, 2.45) is 0 Å². The van der Waals surface area contributed by atoms with Crippen LogP contribution in [-0.2, 0) is 0 Å². The maximum Gasteiger partial charge on any atom is 0.255 e. The third kappa shape index (κ3) is 4.72. The molecule has 0 aliphatic heterocycles. The van der Waals surface area contributed by atoms with Crippen LogP contribution in [0.5, 0.6) is 5.75 Å². The van der Waals surface area contributed by atoms with Gasteiger partial charge in [-0.3, -0.25) is 4.79 Å². The summed E-state index contributed by atoms with van der Waals surface area (Å²) in [4.78, 5) is 11.7. The lowest BCUT2D eigenvalue weighted by Gasteiger charge is -2.02. The maximum absolute atomic E-state index is 11.7. The molecule has 0 unspecified atom stereocenters. The number of amides is 1. The number of nitrogens with one attached hydrogen (secondary N) is 1. The Morgan fingerprint density at radius 3 is 2.65 bits per heavy atom. The maximum atomic E-state index is 11.7. The molecule has 0 aliphatic rings. The number of hydrogen-bond acceptors (Lipinski definition) is 2. The number of ether oxygens (including phenoxy) is 1. The van der Waals surface area contributed by atoms with Crippen molar-refractivity contribution in [1.82, 2.24) is 5.32 Å². The quantitative estimate of drug-likeness (QED) is 0.767. The lowest BCUT2D eigenvalue weighted by Crippen LogP contribution is -2.16. The summed E-state index contributed by atoms with van der Waals surface area (Å²) >= 11 is 0. The van der Waals surface area contributed by atoms with Crippen LogP contribution < -0.4 is 10.1 Å². The molecule has 0 radical (unpaired) electrons. The zero-order valence-corrected chi connectivity index (χ0v) is 10.4. The molecule has 0 saturated carbocycles. The number of carbonyl (C=O) groups excluding carboxylic acids is 1. The normalized spacial score (nSPS) is 10.5. The molecular formula is C14H19NO2. The van der Waals surface area contributed by atoms with Gasteiger partial charge in [-0.25, -0.2) is 0 Å². The van der Waals surface area contributed by atoms with Crippen LogP contribution in [-0.4, -0.2) is 13.0 Å². The third-order valence-corrected chi connectivity index (χ3v) is 2.41. The van der Waals surface area contributed by atoms with Gasteiger partial charge in [0.05, 0.1) is 7.11 Å². The molecule has 1 amide bonds. The van der Waals surface area contributed by atoms with Gasteiger partial charge in [-0.05, 0) is 30.7 Å². The van der Waals surface area contributed by atoms with E-state index in [9.17, 15) is 4.79 Å². The molecule has 0 fully saturated rings. The first-order chi connectivity index (χ1) is 8.27. The monoisotopic (exact) mass is 233 g/mol. The van der Waals surface area contributed by atoms with Gasteiger partial charge in [-0.2, -0.15) is 0 Å². The number of hydrogen-bond donors (Lipinski definition) is 1. The fourth-order valence-electron chi connectivity index (χ4n) is 1.37. The minimum absolute atomic E-state index is 0.0969. The first-order valence-corrected chi connectivity index (χ1v) is 5.88. The molecule has 17 heavy (non-hydrogen) atoms. The highest BCUT2D eigenvalue weighted by atomic mass is 16.5. The van der Waals surface area contributed by atoms with Gasteiger partial charge < -0.3 is 10.1 Å². The lowest BCUT2D eigenvalue weighted by molar-refractivity contribution is 0.0970. The predicted molar refractivity (Wildman–Crippen MR) is 69.1 cm³/mol. The number of allylic oxidation sites excluding steroid dienone is 1. The molecule has 0 heterocycles. The highest BCUT2D eigenvalue weighted by molar-refractivity contribution is 5.94. The zero-order chi connectivity index (χ0) is 12.5. The molecule has 1 N–H and O–H groups in total. The Kier molecular flexibility index (Phi) is 5.86. The third-order valence-electron chi connectivity index (χ3n) is 2.41. The van der Waals surface area contributed by atoms with Gasteiger partial charge in [0.2, 0.25) is 0 Å². The van der Waals surface area contributed by atoms with Crippen molar-refractivity contribution >= 4 is 5.91 Å². The summed E-state index contributed by atoms with van der Waals surface area (Å²) in [5, 5.41) is 2.74. The Balaban J connectivity index is 2.43. The minimum Gasteiger partial charge on any atom is -0.497 e. The summed E-state index contributed by atoms with van der Waals surface area (Å²) in [5.74, 6) is 0.653. The minimum atomic E-state index is -0.0969. The van der Waals surface area contributed by atoms with Crippen LogP contribution in [0.1, 0.15) is 36.5 Å². The highest BCUT2D eigenvalue weighted by Gasteiger charge is 2.02. The summed E-state index contributed by atoms with van der Waals surface area (Å²) in [7, 11) is 1.60. The van der Waals surface area contributed by atoms with Crippen molar-refractivity contribution in [2.75, 3.05) is 7.11 Å². The first kappa shape index (κ1) is 13.3. The Morgan fingerprint density at radius 2 is 2.06 bits per heavy atom. The summed E-state index contributed by atoms with van der Waals surface area (Å²) in [6.45, 7) is 2.14. The number of carbonyl (C=O) groups is 1. The van der Waals surface area contributed by atoms with Crippen LogP contribution in [0.15, 0.2) is 36.5 Å². The van der Waals surface area contributed by atoms with Gasteiger partial charge in [-0.15, -0.1) is 0 Å². The summed E-state index contributed by atoms with van der Waals surface area (Å²) in [6, 6.07) is 7.04. The van der Waals surface area contributed by atoms with Crippen LogP contribution in [0.3, 0.4) is 0 Å². The SMILES string of the molecule is CCCC/C=C/NC(=O)c1ccc(OC)cc1.